The van der Waals surface area contributed by atoms with Gasteiger partial charge in [0, 0.05) is 16.7 Å². The van der Waals surface area contributed by atoms with Crippen molar-refractivity contribution in [1.29, 1.82) is 0 Å². The summed E-state index contributed by atoms with van der Waals surface area (Å²) in [5.74, 6) is -1.12. The van der Waals surface area contributed by atoms with Crippen LogP contribution in [0.5, 0.6) is 0 Å². The van der Waals surface area contributed by atoms with E-state index in [-0.39, 0.29) is 24.0 Å². The lowest BCUT2D eigenvalue weighted by atomic mass is 9.45. The first-order valence-electron chi connectivity index (χ1n) is 13.0. The van der Waals surface area contributed by atoms with Crippen LogP contribution in [0.15, 0.2) is 11.6 Å². The second kappa shape index (κ2) is 8.09. The van der Waals surface area contributed by atoms with Crippen molar-refractivity contribution in [3.63, 3.8) is 0 Å². The van der Waals surface area contributed by atoms with Crippen LogP contribution in [-0.4, -0.2) is 71.5 Å². The Morgan fingerprint density at radius 3 is 2.29 bits per heavy atom. The fourth-order valence-electron chi connectivity index (χ4n) is 8.38. The Hall–Kier alpha value is -0.830. The van der Waals surface area contributed by atoms with E-state index in [4.69, 9.17) is 0 Å². The van der Waals surface area contributed by atoms with Crippen molar-refractivity contribution in [2.75, 3.05) is 0 Å². The second-order valence-electron chi connectivity index (χ2n) is 13.1. The molecule has 0 heterocycles. The van der Waals surface area contributed by atoms with Crippen molar-refractivity contribution in [2.45, 2.75) is 121 Å². The predicted octanol–water partition coefficient (Wildman–Crippen LogP) is 1.85. The number of aliphatic hydroxyl groups excluding tert-OH is 3. The molecule has 0 bridgehead atoms. The molecule has 0 amide bonds. The first-order valence-corrected chi connectivity index (χ1v) is 13.0. The van der Waals surface area contributed by atoms with E-state index in [1.165, 1.54) is 0 Å². The van der Waals surface area contributed by atoms with Crippen LogP contribution in [0.1, 0.15) is 86.0 Å². The van der Waals surface area contributed by atoms with Crippen LogP contribution in [0, 0.1) is 28.6 Å². The smallest absolute Gasteiger partial charge is 0.159 e. The van der Waals surface area contributed by atoms with Gasteiger partial charge < -0.3 is 30.6 Å². The maximum absolute atomic E-state index is 13.2. The van der Waals surface area contributed by atoms with Gasteiger partial charge in [-0.2, -0.15) is 0 Å². The van der Waals surface area contributed by atoms with Crippen LogP contribution < -0.4 is 0 Å². The molecule has 10 atom stereocenters. The molecule has 4 aliphatic carbocycles. The largest absolute Gasteiger partial charge is 0.390 e. The molecule has 4 aliphatic rings. The summed E-state index contributed by atoms with van der Waals surface area (Å²) in [5, 5.41) is 66.3. The van der Waals surface area contributed by atoms with Crippen molar-refractivity contribution in [1.82, 2.24) is 0 Å². The summed E-state index contributed by atoms with van der Waals surface area (Å²) >= 11 is 0. The molecule has 4 rings (SSSR count). The average Bonchev–Trinajstić information content (AvgIpc) is 3.02. The lowest BCUT2D eigenvalue weighted by Gasteiger charge is -2.61. The number of ketones is 1. The molecule has 0 aromatic rings. The van der Waals surface area contributed by atoms with E-state index in [0.29, 0.717) is 50.5 Å². The monoisotopic (exact) mass is 480 g/mol. The Bertz CT molecular complexity index is 860. The molecule has 10 unspecified atom stereocenters. The SMILES string of the molecule is CC(C)(O)CCC(O)C(C)(O)C1CCC2(O)C3=CC(=O)C4CCC(O)C(O)C4(C)C3CCC12C. The minimum atomic E-state index is -1.48. The van der Waals surface area contributed by atoms with Crippen LogP contribution in [0.25, 0.3) is 0 Å². The number of carbonyl (C=O) groups excluding carboxylic acids is 1. The molecular formula is C27H44O7. The third-order valence-electron chi connectivity index (χ3n) is 10.6. The number of rotatable bonds is 5. The number of fused-ring (bicyclic) bond motifs is 5. The van der Waals surface area contributed by atoms with Gasteiger partial charge in [-0.15, -0.1) is 0 Å². The summed E-state index contributed by atoms with van der Waals surface area (Å²) in [6, 6.07) is 0. The predicted molar refractivity (Wildman–Crippen MR) is 127 cm³/mol. The maximum atomic E-state index is 13.2. The molecule has 0 aliphatic heterocycles. The fraction of sp³-hybridized carbons (Fsp3) is 0.889. The van der Waals surface area contributed by atoms with Crippen molar-refractivity contribution in [3.05, 3.63) is 11.6 Å². The number of hydrogen-bond acceptors (Lipinski definition) is 7. The van der Waals surface area contributed by atoms with Crippen LogP contribution in [0.3, 0.4) is 0 Å². The maximum Gasteiger partial charge on any atom is 0.159 e. The van der Waals surface area contributed by atoms with Crippen molar-refractivity contribution in [3.8, 4) is 0 Å². The van der Waals surface area contributed by atoms with Crippen LogP contribution in [0.2, 0.25) is 0 Å². The summed E-state index contributed by atoms with van der Waals surface area (Å²) < 4.78 is 0. The quantitative estimate of drug-likeness (QED) is 0.353. The molecule has 7 heteroatoms. The number of aliphatic hydroxyl groups is 6. The van der Waals surface area contributed by atoms with E-state index in [9.17, 15) is 35.4 Å². The van der Waals surface area contributed by atoms with E-state index < -0.39 is 51.9 Å². The van der Waals surface area contributed by atoms with Crippen LogP contribution >= 0.6 is 0 Å². The Morgan fingerprint density at radius 1 is 1.03 bits per heavy atom. The molecule has 0 saturated heterocycles. The van der Waals surface area contributed by atoms with E-state index in [1.54, 1.807) is 26.8 Å². The highest BCUT2D eigenvalue weighted by molar-refractivity contribution is 5.95. The summed E-state index contributed by atoms with van der Waals surface area (Å²) in [6.45, 7) is 8.79. The molecule has 0 spiro atoms. The van der Waals surface area contributed by atoms with Gasteiger partial charge in [-0.25, -0.2) is 0 Å². The van der Waals surface area contributed by atoms with Gasteiger partial charge in [0.15, 0.2) is 5.78 Å². The van der Waals surface area contributed by atoms with Crippen molar-refractivity contribution >= 4 is 5.78 Å². The average molecular weight is 481 g/mol. The zero-order chi connectivity index (χ0) is 25.5. The van der Waals surface area contributed by atoms with E-state index >= 15 is 0 Å². The molecule has 0 aromatic heterocycles. The lowest BCUT2D eigenvalue weighted by molar-refractivity contribution is -0.188. The minimum Gasteiger partial charge on any atom is -0.390 e. The minimum absolute atomic E-state index is 0.0993. The van der Waals surface area contributed by atoms with Crippen LogP contribution in [-0.2, 0) is 4.79 Å². The molecule has 194 valence electrons. The highest BCUT2D eigenvalue weighted by Crippen LogP contribution is 2.68. The van der Waals surface area contributed by atoms with E-state index in [0.717, 1.165) is 0 Å². The second-order valence-corrected chi connectivity index (χ2v) is 13.1. The van der Waals surface area contributed by atoms with Gasteiger partial charge in [0.2, 0.25) is 0 Å². The Labute approximate surface area is 202 Å². The van der Waals surface area contributed by atoms with Gasteiger partial charge in [-0.1, -0.05) is 13.8 Å². The Kier molecular flexibility index (Phi) is 6.24. The Morgan fingerprint density at radius 2 is 1.68 bits per heavy atom. The number of allylic oxidation sites excluding steroid dienone is 1. The van der Waals surface area contributed by atoms with Gasteiger partial charge >= 0.3 is 0 Å². The van der Waals surface area contributed by atoms with Crippen LogP contribution in [0.4, 0.5) is 0 Å². The fourth-order valence-corrected chi connectivity index (χ4v) is 8.38. The molecule has 0 aromatic carbocycles. The van der Waals surface area contributed by atoms with E-state index in [2.05, 4.69) is 0 Å². The third kappa shape index (κ3) is 3.57. The van der Waals surface area contributed by atoms with E-state index in [1.807, 2.05) is 13.8 Å². The van der Waals surface area contributed by atoms with Gasteiger partial charge in [0.25, 0.3) is 0 Å². The number of hydrogen-bond donors (Lipinski definition) is 6. The molecule has 34 heavy (non-hydrogen) atoms. The molecule has 3 saturated carbocycles. The summed E-state index contributed by atoms with van der Waals surface area (Å²) in [4.78, 5) is 13.2. The molecule has 0 radical (unpaired) electrons. The zero-order valence-electron chi connectivity index (χ0n) is 21.3. The first-order chi connectivity index (χ1) is 15.5. The topological polar surface area (TPSA) is 138 Å². The summed E-state index contributed by atoms with van der Waals surface area (Å²) in [6.07, 6.45) is 2.12. The lowest BCUT2D eigenvalue weighted by Crippen LogP contribution is -2.65. The normalized spacial score (nSPS) is 47.2. The van der Waals surface area contributed by atoms with Gasteiger partial charge in [-0.05, 0) is 95.6 Å². The highest BCUT2D eigenvalue weighted by Gasteiger charge is 2.69. The standard InChI is InChI=1S/C27H44O7/c1-23(2,32)11-10-21(30)26(5,33)20-9-13-27(34)17-14-19(29)16-6-7-18(28)22(31)25(16,4)15(17)8-12-24(20,27)3/h14-16,18,20-22,28,30-34H,6-13H2,1-5H3. The van der Waals surface area contributed by atoms with Crippen molar-refractivity contribution in [2.24, 2.45) is 28.6 Å². The third-order valence-corrected chi connectivity index (χ3v) is 10.6. The molecular weight excluding hydrogens is 436 g/mol. The molecule has 3 fully saturated rings. The van der Waals surface area contributed by atoms with Gasteiger partial charge in [0.05, 0.1) is 35.1 Å². The van der Waals surface area contributed by atoms with Gasteiger partial charge in [-0.3, -0.25) is 4.79 Å². The number of carbonyl (C=O) groups is 1. The van der Waals surface area contributed by atoms with Gasteiger partial charge in [0.1, 0.15) is 0 Å². The molecule has 7 nitrogen and oxygen atoms in total. The zero-order valence-corrected chi connectivity index (χ0v) is 21.3. The Balaban J connectivity index is 1.68. The molecule has 6 N–H and O–H groups in total. The first kappa shape index (κ1) is 26.2. The summed E-state index contributed by atoms with van der Waals surface area (Å²) in [5.41, 5.74) is -4.77. The van der Waals surface area contributed by atoms with Crippen molar-refractivity contribution < 1.29 is 35.4 Å². The summed E-state index contributed by atoms with van der Waals surface area (Å²) in [7, 11) is 0. The highest BCUT2D eigenvalue weighted by atomic mass is 16.3.